The quantitative estimate of drug-likeness (QED) is 0.463. The third kappa shape index (κ3) is 5.48. The maximum atomic E-state index is 2.12. The average molecular weight is 96.2 g/mol. The van der Waals surface area contributed by atoms with E-state index in [1.165, 1.54) is 0 Å². The Kier molecular flexibility index (Phi) is 5.07. The molecule has 0 aromatic rings. The van der Waals surface area contributed by atoms with E-state index in [9.17, 15) is 0 Å². The molecule has 0 nitrogen and oxygen atoms in total. The van der Waals surface area contributed by atoms with E-state index in [0.29, 0.717) is 0 Å². The van der Waals surface area contributed by atoms with Gasteiger partial charge in [0.15, 0.2) is 0 Å². The molecule has 0 aliphatic carbocycles. The zero-order valence-corrected chi connectivity index (χ0v) is 5.02. The molecule has 0 aliphatic heterocycles. The minimum atomic E-state index is 1.08. The maximum Gasteiger partial charge on any atom is -0.0169 e. The normalized spacial score (nSPS) is 11.7. The lowest BCUT2D eigenvalue weighted by Crippen LogP contribution is -1.52. The summed E-state index contributed by atoms with van der Waals surface area (Å²) >= 11 is 0. The van der Waals surface area contributed by atoms with Crippen LogP contribution in [0.5, 0.6) is 0 Å². The van der Waals surface area contributed by atoms with Gasteiger partial charge in [0.25, 0.3) is 0 Å². The van der Waals surface area contributed by atoms with E-state index in [1.807, 2.05) is 13.8 Å². The summed E-state index contributed by atoms with van der Waals surface area (Å²) in [5.41, 5.74) is 0. The second kappa shape index (κ2) is 5.48. The van der Waals surface area contributed by atoms with Gasteiger partial charge in [0, 0.05) is 0 Å². The van der Waals surface area contributed by atoms with Crippen molar-refractivity contribution in [3.63, 3.8) is 0 Å². The molecule has 0 N–H and O–H groups in total. The van der Waals surface area contributed by atoms with Crippen molar-refractivity contribution < 1.29 is 0 Å². The summed E-state index contributed by atoms with van der Waals surface area (Å²) in [4.78, 5) is 0. The molecule has 0 aromatic heterocycles. The van der Waals surface area contributed by atoms with E-state index in [1.54, 1.807) is 0 Å². The van der Waals surface area contributed by atoms with Crippen molar-refractivity contribution in [1.82, 2.24) is 0 Å². The lowest BCUT2D eigenvalue weighted by molar-refractivity contribution is 1.36. The van der Waals surface area contributed by atoms with E-state index in [2.05, 4.69) is 24.3 Å². The molecule has 0 saturated heterocycles. The van der Waals surface area contributed by atoms with Crippen molar-refractivity contribution in [2.75, 3.05) is 0 Å². The summed E-state index contributed by atoms with van der Waals surface area (Å²) in [5.74, 6) is 0. The first-order chi connectivity index (χ1) is 3.41. The lowest BCUT2D eigenvalue weighted by atomic mass is 10.3. The molecule has 0 aliphatic rings. The number of rotatable bonds is 2. The first kappa shape index (κ1) is 6.48. The highest BCUT2D eigenvalue weighted by atomic mass is 13.7. The molecule has 40 valence electrons. The van der Waals surface area contributed by atoms with Crippen molar-refractivity contribution in [1.29, 1.82) is 0 Å². The predicted molar refractivity (Wildman–Crippen MR) is 34.2 cm³/mol. The van der Waals surface area contributed by atoms with Gasteiger partial charge in [-0.15, -0.1) is 0 Å². The Labute approximate surface area is 45.5 Å². The van der Waals surface area contributed by atoms with Crippen LogP contribution in [0.15, 0.2) is 24.3 Å². The van der Waals surface area contributed by atoms with Crippen LogP contribution < -0.4 is 0 Å². The molecule has 0 aromatic carbocycles. The minimum Gasteiger partial charge on any atom is -0.0914 e. The molecule has 0 saturated carbocycles. The van der Waals surface area contributed by atoms with Gasteiger partial charge in [-0.3, -0.25) is 0 Å². The second-order valence-electron chi connectivity index (χ2n) is 1.37. The highest BCUT2D eigenvalue weighted by molar-refractivity contribution is 4.88. The minimum absolute atomic E-state index is 1.08. The van der Waals surface area contributed by atoms with Crippen molar-refractivity contribution in [2.45, 2.75) is 20.3 Å². The summed E-state index contributed by atoms with van der Waals surface area (Å²) in [5, 5.41) is 0. The summed E-state index contributed by atoms with van der Waals surface area (Å²) in [6.07, 6.45) is 9.44. The predicted octanol–water partition coefficient (Wildman–Crippen LogP) is 2.53. The summed E-state index contributed by atoms with van der Waals surface area (Å²) < 4.78 is 0. The van der Waals surface area contributed by atoms with Gasteiger partial charge in [-0.25, -0.2) is 0 Å². The van der Waals surface area contributed by atoms with Crippen molar-refractivity contribution >= 4 is 0 Å². The number of hydrogen-bond donors (Lipinski definition) is 0. The first-order valence-corrected chi connectivity index (χ1v) is 2.64. The zero-order valence-electron chi connectivity index (χ0n) is 5.02. The van der Waals surface area contributed by atoms with Crippen LogP contribution in [-0.2, 0) is 0 Å². The Morgan fingerprint density at radius 3 is 1.71 bits per heavy atom. The fourth-order valence-electron chi connectivity index (χ4n) is 0.351. The first-order valence-electron chi connectivity index (χ1n) is 2.64. The van der Waals surface area contributed by atoms with Crippen LogP contribution in [0.1, 0.15) is 20.3 Å². The molecule has 0 spiro atoms. The molecule has 0 radical (unpaired) electrons. The van der Waals surface area contributed by atoms with E-state index in [4.69, 9.17) is 0 Å². The molecule has 0 unspecified atom stereocenters. The fourth-order valence-corrected chi connectivity index (χ4v) is 0.351. The topological polar surface area (TPSA) is 0 Å². The molecule has 0 heteroatoms. The van der Waals surface area contributed by atoms with E-state index in [-0.39, 0.29) is 0 Å². The van der Waals surface area contributed by atoms with Gasteiger partial charge in [-0.05, 0) is 20.3 Å². The van der Waals surface area contributed by atoms with Gasteiger partial charge >= 0.3 is 0 Å². The number of allylic oxidation sites excluding steroid dienone is 4. The van der Waals surface area contributed by atoms with Crippen molar-refractivity contribution in [2.24, 2.45) is 0 Å². The van der Waals surface area contributed by atoms with E-state index >= 15 is 0 Å². The van der Waals surface area contributed by atoms with Gasteiger partial charge in [-0.2, -0.15) is 0 Å². The van der Waals surface area contributed by atoms with Crippen LogP contribution in [0.25, 0.3) is 0 Å². The Morgan fingerprint density at radius 1 is 1.00 bits per heavy atom. The van der Waals surface area contributed by atoms with Crippen LogP contribution in [0.3, 0.4) is 0 Å². The Hall–Kier alpha value is -0.520. The summed E-state index contributed by atoms with van der Waals surface area (Å²) in [6.45, 7) is 4.06. The van der Waals surface area contributed by atoms with Crippen LogP contribution in [0.2, 0.25) is 0 Å². The second-order valence-corrected chi connectivity index (χ2v) is 1.37. The van der Waals surface area contributed by atoms with Crippen molar-refractivity contribution in [3.8, 4) is 0 Å². The molecular weight excluding hydrogens is 84.1 g/mol. The van der Waals surface area contributed by atoms with E-state index < -0.39 is 0 Å². The highest BCUT2D eigenvalue weighted by Gasteiger charge is 1.61. The van der Waals surface area contributed by atoms with Crippen LogP contribution in [0.4, 0.5) is 0 Å². The smallest absolute Gasteiger partial charge is 0.0169 e. The molecule has 7 heavy (non-hydrogen) atoms. The lowest BCUT2D eigenvalue weighted by Gasteiger charge is -1.73. The van der Waals surface area contributed by atoms with Gasteiger partial charge in [0.1, 0.15) is 0 Å². The molecule has 0 fully saturated rings. The Bertz CT molecular complexity index is 58.1. The largest absolute Gasteiger partial charge is 0.0914 e. The van der Waals surface area contributed by atoms with Crippen molar-refractivity contribution in [3.05, 3.63) is 24.3 Å². The molecule has 0 rings (SSSR count). The monoisotopic (exact) mass is 96.1 g/mol. The Balaban J connectivity index is 2.98. The Morgan fingerprint density at radius 2 is 1.43 bits per heavy atom. The molecule has 0 bridgehead atoms. The standard InChI is InChI=1S/C7H12/c1-3-5-7-6-4-2/h3-6H,7H2,1-2H3/b5-3+,6-4?. The van der Waals surface area contributed by atoms with Gasteiger partial charge in [-0.1, -0.05) is 24.3 Å². The van der Waals surface area contributed by atoms with Gasteiger partial charge < -0.3 is 0 Å². The maximum absolute atomic E-state index is 2.12. The summed E-state index contributed by atoms with van der Waals surface area (Å²) in [7, 11) is 0. The van der Waals surface area contributed by atoms with Gasteiger partial charge in [0.05, 0.1) is 0 Å². The molecule has 0 heterocycles. The third-order valence-corrected chi connectivity index (χ3v) is 0.744. The zero-order chi connectivity index (χ0) is 5.54. The van der Waals surface area contributed by atoms with Gasteiger partial charge in [0.2, 0.25) is 0 Å². The van der Waals surface area contributed by atoms with Crippen LogP contribution >= 0.6 is 0 Å². The molecular formula is C7H12. The van der Waals surface area contributed by atoms with Crippen LogP contribution in [0, 0.1) is 0 Å². The number of hydrogen-bond acceptors (Lipinski definition) is 0. The average Bonchev–Trinajstić information content (AvgIpc) is 1.69. The third-order valence-electron chi connectivity index (χ3n) is 0.744. The molecule has 0 atom stereocenters. The molecule has 0 amide bonds. The highest BCUT2D eigenvalue weighted by Crippen LogP contribution is 1.82. The SMILES string of the molecule is CC=CC/C=C/C. The summed E-state index contributed by atoms with van der Waals surface area (Å²) in [6, 6.07) is 0. The fraction of sp³-hybridized carbons (Fsp3) is 0.429. The van der Waals surface area contributed by atoms with E-state index in [0.717, 1.165) is 6.42 Å². The van der Waals surface area contributed by atoms with Crippen LogP contribution in [-0.4, -0.2) is 0 Å².